The smallest absolute Gasteiger partial charge is 0.336 e. The van der Waals surface area contributed by atoms with Crippen LogP contribution in [0.15, 0.2) is 22.7 Å². The van der Waals surface area contributed by atoms with Crippen LogP contribution in [0.2, 0.25) is 0 Å². The van der Waals surface area contributed by atoms with Gasteiger partial charge in [-0.15, -0.1) is 0 Å². The Hall–Kier alpha value is -1.56. The number of carboxylic acids is 1. The summed E-state index contributed by atoms with van der Waals surface area (Å²) in [6, 6.07) is 4.42. The number of benzene rings is 1. The molecule has 5 nitrogen and oxygen atoms in total. The standard InChI is InChI=1S/C15H19BrN2O3/c16-13-7-6-11(8-12(13)14(19)20)18-15(21)17-9-10-4-2-1-3-5-10/h6-8,10H,1-5,9H2,(H,19,20)(H2,17,18,21). The zero-order chi connectivity index (χ0) is 15.2. The highest BCUT2D eigenvalue weighted by Gasteiger charge is 2.15. The molecule has 0 aliphatic heterocycles. The number of urea groups is 1. The number of hydrogen-bond donors (Lipinski definition) is 3. The summed E-state index contributed by atoms with van der Waals surface area (Å²) in [7, 11) is 0. The van der Waals surface area contributed by atoms with Crippen LogP contribution >= 0.6 is 15.9 Å². The van der Waals surface area contributed by atoms with Crippen LogP contribution in [0, 0.1) is 5.92 Å². The average Bonchev–Trinajstić information content (AvgIpc) is 2.48. The summed E-state index contributed by atoms with van der Waals surface area (Å²) in [4.78, 5) is 22.9. The number of anilines is 1. The minimum absolute atomic E-state index is 0.125. The molecule has 1 aromatic rings. The van der Waals surface area contributed by atoms with E-state index < -0.39 is 5.97 Å². The Morgan fingerprint density at radius 3 is 2.62 bits per heavy atom. The minimum atomic E-state index is -1.03. The van der Waals surface area contributed by atoms with Crippen LogP contribution in [-0.2, 0) is 0 Å². The van der Waals surface area contributed by atoms with Gasteiger partial charge in [-0.25, -0.2) is 9.59 Å². The van der Waals surface area contributed by atoms with Gasteiger partial charge in [0.05, 0.1) is 5.56 Å². The van der Waals surface area contributed by atoms with E-state index >= 15 is 0 Å². The molecule has 0 spiro atoms. The number of carbonyl (C=O) groups excluding carboxylic acids is 1. The Labute approximate surface area is 132 Å². The first-order valence-corrected chi connectivity index (χ1v) is 7.93. The third-order valence-corrected chi connectivity index (χ3v) is 4.42. The van der Waals surface area contributed by atoms with E-state index in [1.165, 1.54) is 38.2 Å². The number of halogens is 1. The van der Waals surface area contributed by atoms with Crippen LogP contribution in [0.5, 0.6) is 0 Å². The van der Waals surface area contributed by atoms with Crippen LogP contribution in [0.25, 0.3) is 0 Å². The van der Waals surface area contributed by atoms with Gasteiger partial charge in [-0.2, -0.15) is 0 Å². The van der Waals surface area contributed by atoms with E-state index in [0.717, 1.165) is 0 Å². The number of aromatic carboxylic acids is 1. The van der Waals surface area contributed by atoms with Crippen molar-refractivity contribution in [2.75, 3.05) is 11.9 Å². The normalized spacial score (nSPS) is 15.5. The van der Waals surface area contributed by atoms with Crippen LogP contribution in [0.3, 0.4) is 0 Å². The van der Waals surface area contributed by atoms with Gasteiger partial charge < -0.3 is 15.7 Å². The molecule has 1 aliphatic rings. The van der Waals surface area contributed by atoms with Crippen LogP contribution in [0.1, 0.15) is 42.5 Å². The molecule has 1 fully saturated rings. The summed E-state index contributed by atoms with van der Waals surface area (Å²) in [5.74, 6) is -0.475. The molecule has 0 saturated heterocycles. The summed E-state index contributed by atoms with van der Waals surface area (Å²) in [5.41, 5.74) is 0.594. The first-order valence-electron chi connectivity index (χ1n) is 7.14. The predicted molar refractivity (Wildman–Crippen MR) is 84.7 cm³/mol. The maximum Gasteiger partial charge on any atom is 0.336 e. The third kappa shape index (κ3) is 4.74. The molecule has 2 rings (SSSR count). The van der Waals surface area contributed by atoms with Gasteiger partial charge in [0.15, 0.2) is 0 Å². The number of nitrogens with one attached hydrogen (secondary N) is 2. The van der Waals surface area contributed by atoms with Crippen molar-refractivity contribution in [3.8, 4) is 0 Å². The Morgan fingerprint density at radius 2 is 1.95 bits per heavy atom. The lowest BCUT2D eigenvalue weighted by atomic mass is 9.89. The summed E-state index contributed by atoms with van der Waals surface area (Å²) >= 11 is 3.17. The maximum absolute atomic E-state index is 11.8. The molecule has 0 radical (unpaired) electrons. The second-order valence-corrected chi connectivity index (χ2v) is 6.19. The molecule has 0 heterocycles. The van der Waals surface area contributed by atoms with Gasteiger partial charge in [0, 0.05) is 16.7 Å². The summed E-state index contributed by atoms with van der Waals surface area (Å²) in [5, 5.41) is 14.6. The SMILES string of the molecule is O=C(NCC1CCCCC1)Nc1ccc(Br)c(C(=O)O)c1. The van der Waals surface area contributed by atoms with E-state index in [2.05, 4.69) is 26.6 Å². The van der Waals surface area contributed by atoms with Gasteiger partial charge in [-0.05, 0) is 52.9 Å². The topological polar surface area (TPSA) is 78.4 Å². The highest BCUT2D eigenvalue weighted by atomic mass is 79.9. The number of carboxylic acid groups (broad SMARTS) is 1. The van der Waals surface area contributed by atoms with Crippen LogP contribution in [-0.4, -0.2) is 23.7 Å². The Balaban J connectivity index is 1.87. The molecule has 2 amide bonds. The van der Waals surface area contributed by atoms with Crippen molar-refractivity contribution in [1.29, 1.82) is 0 Å². The van der Waals surface area contributed by atoms with E-state index in [1.807, 2.05) is 0 Å². The zero-order valence-electron chi connectivity index (χ0n) is 11.7. The Morgan fingerprint density at radius 1 is 1.24 bits per heavy atom. The first-order chi connectivity index (χ1) is 10.1. The fourth-order valence-electron chi connectivity index (χ4n) is 2.57. The highest BCUT2D eigenvalue weighted by Crippen LogP contribution is 2.23. The van der Waals surface area contributed by atoms with Gasteiger partial charge in [0.2, 0.25) is 0 Å². The fourth-order valence-corrected chi connectivity index (χ4v) is 2.99. The van der Waals surface area contributed by atoms with Gasteiger partial charge in [0.25, 0.3) is 0 Å². The maximum atomic E-state index is 11.8. The Kier molecular flexibility index (Phi) is 5.61. The largest absolute Gasteiger partial charge is 0.478 e. The second kappa shape index (κ2) is 7.45. The molecule has 1 saturated carbocycles. The van der Waals surface area contributed by atoms with Gasteiger partial charge in [-0.3, -0.25) is 0 Å². The summed E-state index contributed by atoms with van der Waals surface area (Å²) in [6.07, 6.45) is 6.11. The van der Waals surface area contributed by atoms with Crippen molar-refractivity contribution in [2.24, 2.45) is 5.92 Å². The lowest BCUT2D eigenvalue weighted by Gasteiger charge is -2.21. The highest BCUT2D eigenvalue weighted by molar-refractivity contribution is 9.10. The van der Waals surface area contributed by atoms with Gasteiger partial charge in [-0.1, -0.05) is 19.3 Å². The number of amides is 2. The zero-order valence-corrected chi connectivity index (χ0v) is 13.3. The van der Waals surface area contributed by atoms with Crippen LogP contribution < -0.4 is 10.6 Å². The predicted octanol–water partition coefficient (Wildman–Crippen LogP) is 3.85. The van der Waals surface area contributed by atoms with E-state index in [-0.39, 0.29) is 11.6 Å². The number of carbonyl (C=O) groups is 2. The number of rotatable bonds is 4. The lowest BCUT2D eigenvalue weighted by Crippen LogP contribution is -2.33. The quantitative estimate of drug-likeness (QED) is 0.768. The van der Waals surface area contributed by atoms with Crippen molar-refractivity contribution in [2.45, 2.75) is 32.1 Å². The molecule has 1 aliphatic carbocycles. The summed E-state index contributed by atoms with van der Waals surface area (Å²) in [6.45, 7) is 0.675. The van der Waals surface area contributed by atoms with Crippen molar-refractivity contribution in [3.05, 3.63) is 28.2 Å². The molecule has 3 N–H and O–H groups in total. The van der Waals surface area contributed by atoms with E-state index in [1.54, 1.807) is 12.1 Å². The van der Waals surface area contributed by atoms with Crippen molar-refractivity contribution in [1.82, 2.24) is 5.32 Å². The van der Waals surface area contributed by atoms with E-state index in [0.29, 0.717) is 22.6 Å². The van der Waals surface area contributed by atoms with Crippen molar-refractivity contribution in [3.63, 3.8) is 0 Å². The lowest BCUT2D eigenvalue weighted by molar-refractivity contribution is 0.0696. The molecule has 1 aromatic carbocycles. The molecule has 6 heteroatoms. The van der Waals surface area contributed by atoms with Crippen molar-refractivity contribution >= 4 is 33.6 Å². The molecular weight excluding hydrogens is 336 g/mol. The average molecular weight is 355 g/mol. The monoisotopic (exact) mass is 354 g/mol. The van der Waals surface area contributed by atoms with Gasteiger partial charge in [0.1, 0.15) is 0 Å². The minimum Gasteiger partial charge on any atom is -0.478 e. The molecule has 21 heavy (non-hydrogen) atoms. The molecule has 0 unspecified atom stereocenters. The Bertz CT molecular complexity index is 528. The van der Waals surface area contributed by atoms with Gasteiger partial charge >= 0.3 is 12.0 Å². The van der Waals surface area contributed by atoms with Crippen molar-refractivity contribution < 1.29 is 14.7 Å². The van der Waals surface area contributed by atoms with E-state index in [9.17, 15) is 9.59 Å². The number of hydrogen-bond acceptors (Lipinski definition) is 2. The summed E-state index contributed by atoms with van der Waals surface area (Å²) < 4.78 is 0.489. The molecule has 0 aromatic heterocycles. The second-order valence-electron chi connectivity index (χ2n) is 5.34. The van der Waals surface area contributed by atoms with Crippen LogP contribution in [0.4, 0.5) is 10.5 Å². The molecule has 0 atom stereocenters. The first kappa shape index (κ1) is 15.8. The fraction of sp³-hybridized carbons (Fsp3) is 0.467. The molecule has 114 valence electrons. The molecular formula is C15H19BrN2O3. The third-order valence-electron chi connectivity index (χ3n) is 3.73. The van der Waals surface area contributed by atoms with E-state index in [4.69, 9.17) is 5.11 Å². The molecule has 0 bridgehead atoms.